The summed E-state index contributed by atoms with van der Waals surface area (Å²) in [4.78, 5) is 17.0. The highest BCUT2D eigenvalue weighted by Gasteiger charge is 2.14. The van der Waals surface area contributed by atoms with Gasteiger partial charge in [-0.25, -0.2) is 13.8 Å². The lowest BCUT2D eigenvalue weighted by Crippen LogP contribution is -2.24. The third-order valence-corrected chi connectivity index (χ3v) is 6.36. The summed E-state index contributed by atoms with van der Waals surface area (Å²) in [7, 11) is 1.88. The summed E-state index contributed by atoms with van der Waals surface area (Å²) in [5, 5.41) is 17.8. The highest BCUT2D eigenvalue weighted by molar-refractivity contribution is 5.95. The molecule has 0 aliphatic rings. The Balaban J connectivity index is 1.21. The first-order chi connectivity index (χ1) is 19.5. The molecule has 40 heavy (non-hydrogen) atoms. The summed E-state index contributed by atoms with van der Waals surface area (Å²) < 4.78 is 29.6. The molecule has 0 bridgehead atoms. The minimum Gasteiger partial charge on any atom is -0.378 e. The Morgan fingerprint density at radius 2 is 1.60 bits per heavy atom. The Morgan fingerprint density at radius 1 is 0.825 bits per heavy atom. The van der Waals surface area contributed by atoms with E-state index in [1.54, 1.807) is 24.4 Å². The smallest absolute Gasteiger partial charge is 0.251 e. The number of carbonyl (C=O) groups excluding carboxylic acids is 1. The number of hydrogen-bond acceptors (Lipinski definition) is 6. The van der Waals surface area contributed by atoms with Gasteiger partial charge in [-0.1, -0.05) is 42.5 Å². The van der Waals surface area contributed by atoms with Crippen molar-refractivity contribution in [1.29, 1.82) is 0 Å². The van der Waals surface area contributed by atoms with Gasteiger partial charge in [0.25, 0.3) is 5.91 Å². The quantitative estimate of drug-likeness (QED) is 0.223. The highest BCUT2D eigenvalue weighted by atomic mass is 19.1. The van der Waals surface area contributed by atoms with Gasteiger partial charge in [0.2, 0.25) is 0 Å². The van der Waals surface area contributed by atoms with Gasteiger partial charge in [-0.05, 0) is 48.0 Å². The number of nitrogens with one attached hydrogen (secondary N) is 3. The number of anilines is 2. The average molecular weight is 540 g/mol. The van der Waals surface area contributed by atoms with Gasteiger partial charge < -0.3 is 20.5 Å². The molecule has 5 aromatic rings. The molecule has 5 rings (SSSR count). The lowest BCUT2D eigenvalue weighted by Gasteiger charge is -2.10. The predicted molar refractivity (Wildman–Crippen MR) is 149 cm³/mol. The number of pyridine rings is 1. The van der Waals surface area contributed by atoms with Crippen LogP contribution in [0.2, 0.25) is 0 Å². The molecule has 0 aliphatic carbocycles. The minimum absolute atomic E-state index is 0.184. The fourth-order valence-electron chi connectivity index (χ4n) is 4.15. The second kappa shape index (κ2) is 12.2. The van der Waals surface area contributed by atoms with Crippen molar-refractivity contribution >= 4 is 17.4 Å². The van der Waals surface area contributed by atoms with Gasteiger partial charge in [0.05, 0.1) is 6.54 Å². The molecule has 3 aromatic carbocycles. The fraction of sp³-hybridized carbons (Fsp3) is 0.133. The molecule has 8 nitrogen and oxygen atoms in total. The van der Waals surface area contributed by atoms with Crippen LogP contribution in [0.15, 0.2) is 91.1 Å². The van der Waals surface area contributed by atoms with E-state index in [9.17, 15) is 13.6 Å². The van der Waals surface area contributed by atoms with Gasteiger partial charge in [0.15, 0.2) is 11.6 Å². The SMILES string of the molecule is Cn1c(CNc2cccc(C(=O)NCc3c(F)cccc3F)c2)nnc1-c1ccnc(NCc2ccccc2)c1. The maximum atomic E-state index is 13.9. The van der Waals surface area contributed by atoms with Gasteiger partial charge in [-0.2, -0.15) is 0 Å². The van der Waals surface area contributed by atoms with Crippen LogP contribution in [-0.4, -0.2) is 25.7 Å². The number of aromatic nitrogens is 4. The Labute approximate surface area is 230 Å². The second-order valence-electron chi connectivity index (χ2n) is 9.09. The molecule has 0 atom stereocenters. The first kappa shape index (κ1) is 26.5. The summed E-state index contributed by atoms with van der Waals surface area (Å²) in [5.41, 5.74) is 2.88. The zero-order valence-electron chi connectivity index (χ0n) is 21.7. The van der Waals surface area contributed by atoms with E-state index in [4.69, 9.17) is 0 Å². The standard InChI is InChI=1S/C30H27F2N7O/c1-39-28(37-38-29(39)21-13-14-33-27(16-21)35-17-20-7-3-2-4-8-20)19-34-23-10-5-9-22(15-23)30(40)36-18-24-25(31)11-6-12-26(24)32/h2-16,34H,17-19H2,1H3,(H,33,35)(H,36,40). The molecule has 0 saturated carbocycles. The van der Waals surface area contributed by atoms with E-state index >= 15 is 0 Å². The molecular formula is C30H27F2N7O. The highest BCUT2D eigenvalue weighted by Crippen LogP contribution is 2.21. The number of nitrogens with zero attached hydrogens (tertiary/aromatic N) is 4. The van der Waals surface area contributed by atoms with Crippen LogP contribution in [0.5, 0.6) is 0 Å². The first-order valence-electron chi connectivity index (χ1n) is 12.7. The van der Waals surface area contributed by atoms with Crippen LogP contribution < -0.4 is 16.0 Å². The molecular weight excluding hydrogens is 512 g/mol. The van der Waals surface area contributed by atoms with E-state index in [0.717, 1.165) is 29.1 Å². The van der Waals surface area contributed by atoms with Crippen molar-refractivity contribution in [2.45, 2.75) is 19.6 Å². The van der Waals surface area contributed by atoms with Crippen molar-refractivity contribution in [1.82, 2.24) is 25.1 Å². The van der Waals surface area contributed by atoms with Crippen molar-refractivity contribution in [3.63, 3.8) is 0 Å². The maximum absolute atomic E-state index is 13.9. The van der Waals surface area contributed by atoms with Crippen molar-refractivity contribution in [2.75, 3.05) is 10.6 Å². The van der Waals surface area contributed by atoms with Gasteiger partial charge in [-0.15, -0.1) is 10.2 Å². The number of rotatable bonds is 10. The van der Waals surface area contributed by atoms with E-state index in [-0.39, 0.29) is 12.1 Å². The van der Waals surface area contributed by atoms with Crippen molar-refractivity contribution < 1.29 is 13.6 Å². The number of carbonyl (C=O) groups is 1. The van der Waals surface area contributed by atoms with Crippen molar-refractivity contribution in [3.8, 4) is 11.4 Å². The topological polar surface area (TPSA) is 96.8 Å². The summed E-state index contributed by atoms with van der Waals surface area (Å²) in [5.74, 6) is 0.264. The van der Waals surface area contributed by atoms with E-state index in [0.29, 0.717) is 36.0 Å². The normalized spacial score (nSPS) is 10.8. The molecule has 3 N–H and O–H groups in total. The van der Waals surface area contributed by atoms with Gasteiger partial charge in [-0.3, -0.25) is 4.79 Å². The fourth-order valence-corrected chi connectivity index (χ4v) is 4.15. The van der Waals surface area contributed by atoms with Crippen LogP contribution in [0.25, 0.3) is 11.4 Å². The maximum Gasteiger partial charge on any atom is 0.251 e. The van der Waals surface area contributed by atoms with Crippen molar-refractivity contribution in [3.05, 3.63) is 125 Å². The molecule has 0 radical (unpaired) electrons. The second-order valence-corrected chi connectivity index (χ2v) is 9.09. The number of hydrogen-bond donors (Lipinski definition) is 3. The molecule has 1 amide bonds. The summed E-state index contributed by atoms with van der Waals surface area (Å²) >= 11 is 0. The minimum atomic E-state index is -0.704. The number of benzene rings is 3. The van der Waals surface area contributed by atoms with E-state index in [1.165, 1.54) is 6.07 Å². The van der Waals surface area contributed by atoms with Gasteiger partial charge >= 0.3 is 0 Å². The molecule has 2 aromatic heterocycles. The van der Waals surface area contributed by atoms with Crippen LogP contribution in [0.3, 0.4) is 0 Å². The van der Waals surface area contributed by atoms with E-state index in [1.807, 2.05) is 60.1 Å². The van der Waals surface area contributed by atoms with Crippen LogP contribution >= 0.6 is 0 Å². The summed E-state index contributed by atoms with van der Waals surface area (Å²) in [6.07, 6.45) is 1.73. The molecule has 2 heterocycles. The van der Waals surface area contributed by atoms with E-state index in [2.05, 4.69) is 31.1 Å². The largest absolute Gasteiger partial charge is 0.378 e. The lowest BCUT2D eigenvalue weighted by molar-refractivity contribution is 0.0950. The van der Waals surface area contributed by atoms with Crippen LogP contribution in [0, 0.1) is 11.6 Å². The number of amides is 1. The number of halogens is 2. The third kappa shape index (κ3) is 6.29. The predicted octanol–water partition coefficient (Wildman–Crippen LogP) is 5.31. The van der Waals surface area contributed by atoms with Crippen LogP contribution in [-0.2, 0) is 26.7 Å². The van der Waals surface area contributed by atoms with Gasteiger partial charge in [0, 0.05) is 48.7 Å². The van der Waals surface area contributed by atoms with E-state index < -0.39 is 17.5 Å². The van der Waals surface area contributed by atoms with Crippen LogP contribution in [0.4, 0.5) is 20.3 Å². The molecule has 0 unspecified atom stereocenters. The zero-order valence-corrected chi connectivity index (χ0v) is 21.7. The molecule has 10 heteroatoms. The molecule has 202 valence electrons. The average Bonchev–Trinajstić information content (AvgIpc) is 3.35. The van der Waals surface area contributed by atoms with Crippen LogP contribution in [0.1, 0.15) is 27.3 Å². The molecule has 0 aliphatic heterocycles. The molecule has 0 saturated heterocycles. The Hall–Kier alpha value is -5.12. The Morgan fingerprint density at radius 3 is 2.40 bits per heavy atom. The van der Waals surface area contributed by atoms with Gasteiger partial charge in [0.1, 0.15) is 17.5 Å². The molecule has 0 spiro atoms. The third-order valence-electron chi connectivity index (χ3n) is 6.36. The zero-order chi connectivity index (χ0) is 27.9. The van der Waals surface area contributed by atoms with Crippen molar-refractivity contribution in [2.24, 2.45) is 7.05 Å². The Bertz CT molecular complexity index is 1600. The Kier molecular flexibility index (Phi) is 8.05. The summed E-state index contributed by atoms with van der Waals surface area (Å²) in [6.45, 7) is 0.761. The monoisotopic (exact) mass is 539 g/mol. The summed E-state index contributed by atoms with van der Waals surface area (Å²) in [6, 6.07) is 24.3. The first-order valence-corrected chi connectivity index (χ1v) is 12.7. The molecule has 0 fully saturated rings. The lowest BCUT2D eigenvalue weighted by atomic mass is 10.1.